The summed E-state index contributed by atoms with van der Waals surface area (Å²) in [5, 5.41) is 0. The van der Waals surface area contributed by atoms with Crippen molar-refractivity contribution in [1.82, 2.24) is 0 Å². The molecule has 0 bridgehead atoms. The van der Waals surface area contributed by atoms with Crippen LogP contribution in [0.1, 0.15) is 51.9 Å². The molecule has 0 spiro atoms. The largest absolute Gasteiger partial charge is 0.366 e. The maximum absolute atomic E-state index is 10.9. The number of carbonyl (C=O) groups excluding carboxylic acids is 1. The van der Waals surface area contributed by atoms with Gasteiger partial charge in [0, 0.05) is 5.57 Å². The number of amides is 1. The molecule has 1 rings (SSSR count). The molecule has 1 aliphatic rings. The lowest BCUT2D eigenvalue weighted by molar-refractivity contribution is -0.114. The zero-order valence-corrected chi connectivity index (χ0v) is 9.09. The molecule has 0 aromatic carbocycles. The van der Waals surface area contributed by atoms with E-state index >= 15 is 0 Å². The number of hydrogen-bond donors (Lipinski definition) is 1. The second-order valence-electron chi connectivity index (χ2n) is 4.32. The van der Waals surface area contributed by atoms with E-state index in [1.54, 1.807) is 0 Å². The zero-order valence-electron chi connectivity index (χ0n) is 9.09. The van der Waals surface area contributed by atoms with Gasteiger partial charge in [-0.15, -0.1) is 0 Å². The topological polar surface area (TPSA) is 43.1 Å². The highest BCUT2D eigenvalue weighted by atomic mass is 16.1. The summed E-state index contributed by atoms with van der Waals surface area (Å²) >= 11 is 0. The lowest BCUT2D eigenvalue weighted by Gasteiger charge is -2.16. The molecule has 0 aliphatic heterocycles. The fourth-order valence-electron chi connectivity index (χ4n) is 2.09. The van der Waals surface area contributed by atoms with E-state index < -0.39 is 0 Å². The van der Waals surface area contributed by atoms with Crippen LogP contribution >= 0.6 is 0 Å². The molecule has 0 heterocycles. The molecule has 14 heavy (non-hydrogen) atoms. The Morgan fingerprint density at radius 3 is 2.14 bits per heavy atom. The first-order chi connectivity index (χ1) is 6.70. The third-order valence-corrected chi connectivity index (χ3v) is 3.02. The maximum atomic E-state index is 10.9. The molecule has 1 amide bonds. The van der Waals surface area contributed by atoms with Crippen molar-refractivity contribution >= 4 is 5.91 Å². The lowest BCUT2D eigenvalue weighted by atomic mass is 9.90. The van der Waals surface area contributed by atoms with Gasteiger partial charge in [-0.25, -0.2) is 0 Å². The Kier molecular flexibility index (Phi) is 4.71. The van der Waals surface area contributed by atoms with E-state index in [0.29, 0.717) is 5.92 Å². The number of allylic oxidation sites excluding steroid dienone is 1. The molecular formula is C12H21NO. The van der Waals surface area contributed by atoms with Gasteiger partial charge in [-0.3, -0.25) is 4.79 Å². The number of nitrogens with two attached hydrogens (primary N) is 1. The molecule has 0 aromatic heterocycles. The van der Waals surface area contributed by atoms with Gasteiger partial charge in [0.2, 0.25) is 5.91 Å². The van der Waals surface area contributed by atoms with Crippen LogP contribution in [0.25, 0.3) is 0 Å². The zero-order chi connectivity index (χ0) is 10.4. The van der Waals surface area contributed by atoms with Crippen molar-refractivity contribution in [1.29, 1.82) is 0 Å². The van der Waals surface area contributed by atoms with E-state index in [1.165, 1.54) is 44.9 Å². The summed E-state index contributed by atoms with van der Waals surface area (Å²) in [5.74, 6) is 0.315. The Labute approximate surface area is 86.6 Å². The summed E-state index contributed by atoms with van der Waals surface area (Å²) in [6, 6.07) is 0. The van der Waals surface area contributed by atoms with Crippen LogP contribution in [0.5, 0.6) is 0 Å². The van der Waals surface area contributed by atoms with Crippen LogP contribution in [0.15, 0.2) is 11.6 Å². The first-order valence-corrected chi connectivity index (χ1v) is 5.68. The first-order valence-electron chi connectivity index (χ1n) is 5.68. The van der Waals surface area contributed by atoms with Crippen molar-refractivity contribution in [3.63, 3.8) is 0 Å². The summed E-state index contributed by atoms with van der Waals surface area (Å²) < 4.78 is 0. The minimum Gasteiger partial charge on any atom is -0.366 e. The van der Waals surface area contributed by atoms with Gasteiger partial charge in [0.15, 0.2) is 0 Å². The Hall–Kier alpha value is -0.790. The van der Waals surface area contributed by atoms with Gasteiger partial charge in [0.25, 0.3) is 0 Å². The van der Waals surface area contributed by atoms with Crippen LogP contribution in [-0.2, 0) is 4.79 Å². The molecule has 80 valence electrons. The van der Waals surface area contributed by atoms with Gasteiger partial charge < -0.3 is 5.73 Å². The lowest BCUT2D eigenvalue weighted by Crippen LogP contribution is -2.13. The van der Waals surface area contributed by atoms with Crippen molar-refractivity contribution in [3.05, 3.63) is 11.6 Å². The third kappa shape index (κ3) is 3.95. The molecule has 0 atom stereocenters. The highest BCUT2D eigenvalue weighted by Crippen LogP contribution is 2.23. The molecule has 2 N–H and O–H groups in total. The van der Waals surface area contributed by atoms with Gasteiger partial charge in [0.05, 0.1) is 0 Å². The van der Waals surface area contributed by atoms with E-state index in [1.807, 2.05) is 6.92 Å². The highest BCUT2D eigenvalue weighted by Gasteiger charge is 2.10. The van der Waals surface area contributed by atoms with Crippen molar-refractivity contribution in [2.75, 3.05) is 0 Å². The minimum atomic E-state index is -0.271. The molecule has 0 aromatic rings. The number of primary amides is 1. The number of rotatable bonds is 2. The van der Waals surface area contributed by atoms with Crippen LogP contribution < -0.4 is 5.73 Å². The van der Waals surface area contributed by atoms with Crippen LogP contribution in [-0.4, -0.2) is 5.91 Å². The fourth-order valence-corrected chi connectivity index (χ4v) is 2.09. The predicted octanol–water partition coefficient (Wildman–Crippen LogP) is 2.78. The van der Waals surface area contributed by atoms with E-state index in [9.17, 15) is 4.79 Å². The Bertz CT molecular complexity index is 212. The van der Waals surface area contributed by atoms with E-state index in [-0.39, 0.29) is 5.91 Å². The summed E-state index contributed by atoms with van der Waals surface area (Å²) in [6.45, 7) is 1.82. The van der Waals surface area contributed by atoms with E-state index in [2.05, 4.69) is 6.08 Å². The van der Waals surface area contributed by atoms with Gasteiger partial charge >= 0.3 is 0 Å². The number of carbonyl (C=O) groups is 1. The summed E-state index contributed by atoms with van der Waals surface area (Å²) in [7, 11) is 0. The van der Waals surface area contributed by atoms with E-state index in [0.717, 1.165) is 5.57 Å². The molecular weight excluding hydrogens is 174 g/mol. The smallest absolute Gasteiger partial charge is 0.244 e. The molecule has 1 fully saturated rings. The Balaban J connectivity index is 2.48. The molecule has 1 aliphatic carbocycles. The molecule has 0 saturated heterocycles. The summed E-state index contributed by atoms with van der Waals surface area (Å²) in [5.41, 5.74) is 5.95. The van der Waals surface area contributed by atoms with Crippen molar-refractivity contribution in [3.8, 4) is 0 Å². The van der Waals surface area contributed by atoms with Gasteiger partial charge in [-0.1, -0.05) is 38.2 Å². The quantitative estimate of drug-likeness (QED) is 0.676. The average Bonchev–Trinajstić information content (AvgIpc) is 2.08. The van der Waals surface area contributed by atoms with Crippen LogP contribution in [0.3, 0.4) is 0 Å². The van der Waals surface area contributed by atoms with Gasteiger partial charge in [-0.05, 0) is 25.7 Å². The fraction of sp³-hybridized carbons (Fsp3) is 0.750. The summed E-state index contributed by atoms with van der Waals surface area (Å²) in [6.07, 6.45) is 11.2. The Morgan fingerprint density at radius 1 is 1.14 bits per heavy atom. The second-order valence-corrected chi connectivity index (χ2v) is 4.32. The monoisotopic (exact) mass is 195 g/mol. The minimum absolute atomic E-state index is 0.271. The molecule has 1 saturated carbocycles. The summed E-state index contributed by atoms with van der Waals surface area (Å²) in [4.78, 5) is 10.9. The van der Waals surface area contributed by atoms with Crippen LogP contribution in [0, 0.1) is 5.92 Å². The van der Waals surface area contributed by atoms with E-state index in [4.69, 9.17) is 5.73 Å². The molecule has 0 unspecified atom stereocenters. The number of hydrogen-bond acceptors (Lipinski definition) is 1. The SMILES string of the molecule is CC(=CC1CCCCCCC1)C(N)=O. The van der Waals surface area contributed by atoms with Crippen molar-refractivity contribution < 1.29 is 4.79 Å². The standard InChI is InChI=1S/C12H21NO/c1-10(12(13)14)9-11-7-5-3-2-4-6-8-11/h9,11H,2-8H2,1H3,(H2,13,14). The third-order valence-electron chi connectivity index (χ3n) is 3.02. The van der Waals surface area contributed by atoms with Gasteiger partial charge in [0.1, 0.15) is 0 Å². The molecule has 2 heteroatoms. The molecule has 0 radical (unpaired) electrons. The normalized spacial score (nSPS) is 21.4. The van der Waals surface area contributed by atoms with Crippen LogP contribution in [0.2, 0.25) is 0 Å². The average molecular weight is 195 g/mol. The predicted molar refractivity (Wildman–Crippen MR) is 58.8 cm³/mol. The molecule has 2 nitrogen and oxygen atoms in total. The maximum Gasteiger partial charge on any atom is 0.244 e. The second kappa shape index (κ2) is 5.84. The van der Waals surface area contributed by atoms with Crippen molar-refractivity contribution in [2.45, 2.75) is 51.9 Å². The van der Waals surface area contributed by atoms with Crippen LogP contribution in [0.4, 0.5) is 0 Å². The van der Waals surface area contributed by atoms with Crippen molar-refractivity contribution in [2.24, 2.45) is 11.7 Å². The Morgan fingerprint density at radius 2 is 1.64 bits per heavy atom. The van der Waals surface area contributed by atoms with Gasteiger partial charge in [-0.2, -0.15) is 0 Å². The first kappa shape index (κ1) is 11.3. The highest BCUT2D eigenvalue weighted by molar-refractivity contribution is 5.91.